The molecule has 1 aromatic carbocycles. The zero-order valence-corrected chi connectivity index (χ0v) is 13.2. The molecule has 20 heavy (non-hydrogen) atoms. The van der Waals surface area contributed by atoms with E-state index in [4.69, 9.17) is 34.3 Å². The lowest BCUT2D eigenvalue weighted by atomic mass is 10.1. The third-order valence-electron chi connectivity index (χ3n) is 3.03. The molecule has 1 aromatic heterocycles. The van der Waals surface area contributed by atoms with E-state index in [0.717, 1.165) is 22.7 Å². The summed E-state index contributed by atoms with van der Waals surface area (Å²) in [6.45, 7) is 3.89. The molecule has 0 unspecified atom stereocenters. The van der Waals surface area contributed by atoms with Crippen LogP contribution >= 0.6 is 23.8 Å². The van der Waals surface area contributed by atoms with Crippen molar-refractivity contribution in [1.82, 2.24) is 9.78 Å². The van der Waals surface area contributed by atoms with Gasteiger partial charge in [0.1, 0.15) is 10.7 Å². The molecule has 0 aliphatic heterocycles. The van der Waals surface area contributed by atoms with E-state index >= 15 is 0 Å². The molecule has 0 atom stereocenters. The third kappa shape index (κ3) is 2.78. The molecule has 0 spiro atoms. The first-order valence-corrected chi connectivity index (χ1v) is 7.02. The molecule has 0 saturated heterocycles. The first-order chi connectivity index (χ1) is 9.43. The average molecular weight is 310 g/mol. The van der Waals surface area contributed by atoms with Crippen molar-refractivity contribution in [3.05, 3.63) is 40.0 Å². The highest BCUT2D eigenvalue weighted by Gasteiger charge is 2.18. The Labute approximate surface area is 128 Å². The summed E-state index contributed by atoms with van der Waals surface area (Å²) in [7, 11) is 1.79. The standard InChI is InChI=1S/C14H16ClN3OS/c1-4-9-7-10(5-6-11(9)15)19-14-12(13(16)20)8(2)17-18(14)3/h5-7H,4H2,1-3H3,(H2,16,20). The van der Waals surface area contributed by atoms with Gasteiger partial charge in [-0.05, 0) is 37.1 Å². The summed E-state index contributed by atoms with van der Waals surface area (Å²) in [5.74, 6) is 1.23. The number of thiocarbonyl (C=S) groups is 1. The SMILES string of the molecule is CCc1cc(Oc2c(C(N)=S)c(C)nn2C)ccc1Cl. The van der Waals surface area contributed by atoms with Crippen molar-refractivity contribution in [2.75, 3.05) is 0 Å². The van der Waals surface area contributed by atoms with Crippen LogP contribution in [-0.2, 0) is 13.5 Å². The van der Waals surface area contributed by atoms with Gasteiger partial charge in [-0.15, -0.1) is 0 Å². The monoisotopic (exact) mass is 309 g/mol. The second-order valence-corrected chi connectivity index (χ2v) is 5.31. The molecule has 2 aromatic rings. The Morgan fingerprint density at radius 1 is 1.50 bits per heavy atom. The van der Waals surface area contributed by atoms with Gasteiger partial charge >= 0.3 is 0 Å². The van der Waals surface area contributed by atoms with Gasteiger partial charge in [0.05, 0.1) is 11.3 Å². The summed E-state index contributed by atoms with van der Waals surface area (Å²) in [4.78, 5) is 0.273. The maximum absolute atomic E-state index is 6.10. The minimum Gasteiger partial charge on any atom is -0.439 e. The molecule has 0 aliphatic rings. The first-order valence-electron chi connectivity index (χ1n) is 6.23. The van der Waals surface area contributed by atoms with Crippen molar-refractivity contribution in [2.45, 2.75) is 20.3 Å². The fourth-order valence-corrected chi connectivity index (χ4v) is 2.52. The quantitative estimate of drug-likeness (QED) is 0.880. The van der Waals surface area contributed by atoms with Gasteiger partial charge in [0.2, 0.25) is 5.88 Å². The topological polar surface area (TPSA) is 53.1 Å². The van der Waals surface area contributed by atoms with Gasteiger partial charge in [0, 0.05) is 12.1 Å². The average Bonchev–Trinajstić information content (AvgIpc) is 2.66. The van der Waals surface area contributed by atoms with E-state index in [9.17, 15) is 0 Å². The fourth-order valence-electron chi connectivity index (χ4n) is 2.03. The van der Waals surface area contributed by atoms with Crippen molar-refractivity contribution in [1.29, 1.82) is 0 Å². The van der Waals surface area contributed by atoms with Crippen LogP contribution in [0.15, 0.2) is 18.2 Å². The van der Waals surface area contributed by atoms with Crippen LogP contribution < -0.4 is 10.5 Å². The number of rotatable bonds is 4. The van der Waals surface area contributed by atoms with Crippen LogP contribution in [0.3, 0.4) is 0 Å². The maximum atomic E-state index is 6.10. The van der Waals surface area contributed by atoms with E-state index in [1.54, 1.807) is 11.7 Å². The van der Waals surface area contributed by atoms with E-state index in [2.05, 4.69) is 5.10 Å². The normalized spacial score (nSPS) is 10.6. The molecule has 6 heteroatoms. The molecule has 2 N–H and O–H groups in total. The molecule has 0 fully saturated rings. The number of nitrogens with two attached hydrogens (primary N) is 1. The molecule has 1 heterocycles. The minimum absolute atomic E-state index is 0.273. The van der Waals surface area contributed by atoms with Gasteiger partial charge in [0.15, 0.2) is 0 Å². The number of aryl methyl sites for hydroxylation is 3. The van der Waals surface area contributed by atoms with Gasteiger partial charge in [-0.3, -0.25) is 0 Å². The van der Waals surface area contributed by atoms with Crippen LogP contribution in [0.25, 0.3) is 0 Å². The van der Waals surface area contributed by atoms with Crippen molar-refractivity contribution in [2.24, 2.45) is 12.8 Å². The molecule has 0 radical (unpaired) electrons. The van der Waals surface area contributed by atoms with Crippen molar-refractivity contribution in [3.63, 3.8) is 0 Å². The van der Waals surface area contributed by atoms with Crippen LogP contribution in [-0.4, -0.2) is 14.8 Å². The van der Waals surface area contributed by atoms with E-state index in [1.807, 2.05) is 32.0 Å². The van der Waals surface area contributed by atoms with Gasteiger partial charge in [-0.25, -0.2) is 4.68 Å². The molecule has 106 valence electrons. The van der Waals surface area contributed by atoms with E-state index in [-0.39, 0.29) is 4.99 Å². The van der Waals surface area contributed by atoms with Gasteiger partial charge in [-0.1, -0.05) is 30.7 Å². The Kier molecular flexibility index (Phi) is 4.30. The highest BCUT2D eigenvalue weighted by molar-refractivity contribution is 7.80. The predicted octanol–water partition coefficient (Wildman–Crippen LogP) is 3.37. The van der Waals surface area contributed by atoms with E-state index in [1.165, 1.54) is 0 Å². The highest BCUT2D eigenvalue weighted by Crippen LogP contribution is 2.29. The van der Waals surface area contributed by atoms with Crippen LogP contribution in [0.4, 0.5) is 0 Å². The largest absolute Gasteiger partial charge is 0.439 e. The Hall–Kier alpha value is -1.59. The van der Waals surface area contributed by atoms with Gasteiger partial charge < -0.3 is 10.5 Å². The van der Waals surface area contributed by atoms with Gasteiger partial charge in [-0.2, -0.15) is 5.10 Å². The third-order valence-corrected chi connectivity index (χ3v) is 3.60. The maximum Gasteiger partial charge on any atom is 0.228 e. The van der Waals surface area contributed by atoms with E-state index < -0.39 is 0 Å². The summed E-state index contributed by atoms with van der Waals surface area (Å²) < 4.78 is 7.52. The number of hydrogen-bond acceptors (Lipinski definition) is 3. The molecular formula is C14H16ClN3OS. The Morgan fingerprint density at radius 3 is 2.80 bits per heavy atom. The van der Waals surface area contributed by atoms with Crippen LogP contribution in [0.2, 0.25) is 5.02 Å². The van der Waals surface area contributed by atoms with Gasteiger partial charge in [0.25, 0.3) is 0 Å². The first kappa shape index (κ1) is 14.8. The predicted molar refractivity (Wildman–Crippen MR) is 84.7 cm³/mol. The molecule has 0 amide bonds. The van der Waals surface area contributed by atoms with Crippen molar-refractivity contribution in [3.8, 4) is 11.6 Å². The zero-order chi connectivity index (χ0) is 14.9. The Balaban J connectivity index is 2.42. The second kappa shape index (κ2) is 5.81. The van der Waals surface area contributed by atoms with Crippen molar-refractivity contribution < 1.29 is 4.74 Å². The molecular weight excluding hydrogens is 294 g/mol. The summed E-state index contributed by atoms with van der Waals surface area (Å²) in [5.41, 5.74) is 8.18. The molecule has 0 saturated carbocycles. The molecule has 4 nitrogen and oxygen atoms in total. The number of ether oxygens (including phenoxy) is 1. The smallest absolute Gasteiger partial charge is 0.228 e. The summed E-state index contributed by atoms with van der Waals surface area (Å²) in [5, 5.41) is 5.02. The van der Waals surface area contributed by atoms with Crippen LogP contribution in [0.1, 0.15) is 23.7 Å². The highest BCUT2D eigenvalue weighted by atomic mass is 35.5. The lowest BCUT2D eigenvalue weighted by molar-refractivity contribution is 0.429. The lowest BCUT2D eigenvalue weighted by Crippen LogP contribution is -2.11. The molecule has 0 aliphatic carbocycles. The zero-order valence-electron chi connectivity index (χ0n) is 11.6. The summed E-state index contributed by atoms with van der Waals surface area (Å²) in [6.07, 6.45) is 0.836. The van der Waals surface area contributed by atoms with Crippen LogP contribution in [0.5, 0.6) is 11.6 Å². The Bertz CT molecular complexity index is 667. The second-order valence-electron chi connectivity index (χ2n) is 4.46. The van der Waals surface area contributed by atoms with E-state index in [0.29, 0.717) is 17.2 Å². The molecule has 0 bridgehead atoms. The fraction of sp³-hybridized carbons (Fsp3) is 0.286. The number of benzene rings is 1. The number of nitrogens with zero attached hydrogens (tertiary/aromatic N) is 2. The minimum atomic E-state index is 0.273. The summed E-state index contributed by atoms with van der Waals surface area (Å²) in [6, 6.07) is 5.54. The Morgan fingerprint density at radius 2 is 2.20 bits per heavy atom. The number of hydrogen-bond donors (Lipinski definition) is 1. The number of aromatic nitrogens is 2. The number of halogens is 1. The summed E-state index contributed by atoms with van der Waals surface area (Å²) >= 11 is 11.2. The molecule has 2 rings (SSSR count). The van der Waals surface area contributed by atoms with Crippen molar-refractivity contribution >= 4 is 28.8 Å². The van der Waals surface area contributed by atoms with Crippen LogP contribution in [0, 0.1) is 6.92 Å². The lowest BCUT2D eigenvalue weighted by Gasteiger charge is -2.10.